The van der Waals surface area contributed by atoms with Crippen molar-refractivity contribution in [3.8, 4) is 0 Å². The number of hydrogen-bond donors (Lipinski definition) is 1. The van der Waals surface area contributed by atoms with Gasteiger partial charge in [0.25, 0.3) is 5.91 Å². The monoisotopic (exact) mass is 224 g/mol. The molecule has 0 bridgehead atoms. The molecule has 3 nitrogen and oxygen atoms in total. The van der Waals surface area contributed by atoms with Gasteiger partial charge in [-0.15, -0.1) is 0 Å². The van der Waals surface area contributed by atoms with E-state index in [0.29, 0.717) is 23.7 Å². The molecule has 0 saturated heterocycles. The minimum atomic E-state index is 0.0328. The molecule has 0 fully saturated rings. The largest absolute Gasteiger partial charge is 0.330 e. The van der Waals surface area contributed by atoms with Crippen molar-refractivity contribution in [1.29, 1.82) is 0 Å². The van der Waals surface area contributed by atoms with Crippen LogP contribution in [0.5, 0.6) is 0 Å². The fraction of sp³-hybridized carbons (Fsp3) is 0.364. The van der Waals surface area contributed by atoms with Crippen molar-refractivity contribution in [2.45, 2.75) is 19.5 Å². The second kappa shape index (κ2) is 3.83. The average molecular weight is 225 g/mol. The highest BCUT2D eigenvalue weighted by Gasteiger charge is 2.29. The normalized spacial score (nSPS) is 16.7. The molecule has 0 aromatic heterocycles. The van der Waals surface area contributed by atoms with E-state index < -0.39 is 0 Å². The molecule has 1 aliphatic rings. The van der Waals surface area contributed by atoms with Crippen LogP contribution in [0.2, 0.25) is 5.02 Å². The van der Waals surface area contributed by atoms with Gasteiger partial charge in [-0.05, 0) is 24.6 Å². The van der Waals surface area contributed by atoms with Gasteiger partial charge in [-0.25, -0.2) is 0 Å². The Bertz CT molecular complexity index is 406. The molecule has 15 heavy (non-hydrogen) atoms. The SMILES string of the molecule is CC(CN)N1Cc2ccc(Cl)cc2C1=O. The van der Waals surface area contributed by atoms with Crippen molar-refractivity contribution in [3.63, 3.8) is 0 Å². The molecule has 1 aromatic rings. The van der Waals surface area contributed by atoms with Gasteiger partial charge in [0, 0.05) is 29.7 Å². The number of nitrogens with two attached hydrogens (primary N) is 1. The number of hydrogen-bond acceptors (Lipinski definition) is 2. The quantitative estimate of drug-likeness (QED) is 0.830. The summed E-state index contributed by atoms with van der Waals surface area (Å²) in [5.41, 5.74) is 7.30. The van der Waals surface area contributed by atoms with Gasteiger partial charge in [-0.1, -0.05) is 17.7 Å². The van der Waals surface area contributed by atoms with E-state index in [-0.39, 0.29) is 11.9 Å². The van der Waals surface area contributed by atoms with Crippen molar-refractivity contribution in [1.82, 2.24) is 4.90 Å². The van der Waals surface area contributed by atoms with Gasteiger partial charge in [0.05, 0.1) is 0 Å². The van der Waals surface area contributed by atoms with Crippen molar-refractivity contribution >= 4 is 17.5 Å². The fourth-order valence-corrected chi connectivity index (χ4v) is 1.95. The van der Waals surface area contributed by atoms with Gasteiger partial charge in [0.15, 0.2) is 0 Å². The molecule has 0 saturated carbocycles. The molecular weight excluding hydrogens is 212 g/mol. The van der Waals surface area contributed by atoms with E-state index in [2.05, 4.69) is 0 Å². The lowest BCUT2D eigenvalue weighted by molar-refractivity contribution is 0.0723. The van der Waals surface area contributed by atoms with Crippen LogP contribution >= 0.6 is 11.6 Å². The van der Waals surface area contributed by atoms with Gasteiger partial charge in [-0.2, -0.15) is 0 Å². The number of halogens is 1. The molecule has 1 amide bonds. The van der Waals surface area contributed by atoms with E-state index in [1.807, 2.05) is 19.1 Å². The number of carbonyl (C=O) groups is 1. The number of benzene rings is 1. The third-order valence-electron chi connectivity index (χ3n) is 2.78. The average Bonchev–Trinajstić information content (AvgIpc) is 2.55. The minimum Gasteiger partial charge on any atom is -0.330 e. The van der Waals surface area contributed by atoms with Crippen molar-refractivity contribution in [2.24, 2.45) is 5.73 Å². The van der Waals surface area contributed by atoms with Crippen LogP contribution < -0.4 is 5.73 Å². The van der Waals surface area contributed by atoms with Gasteiger partial charge in [-0.3, -0.25) is 4.79 Å². The van der Waals surface area contributed by atoms with E-state index in [4.69, 9.17) is 17.3 Å². The molecule has 0 spiro atoms. The smallest absolute Gasteiger partial charge is 0.254 e. The summed E-state index contributed by atoms with van der Waals surface area (Å²) in [4.78, 5) is 13.7. The molecular formula is C11H13ClN2O. The topological polar surface area (TPSA) is 46.3 Å². The highest BCUT2D eigenvalue weighted by atomic mass is 35.5. The predicted molar refractivity (Wildman–Crippen MR) is 59.8 cm³/mol. The fourth-order valence-electron chi connectivity index (χ4n) is 1.78. The maximum atomic E-state index is 12.0. The Morgan fingerprint density at radius 2 is 2.33 bits per heavy atom. The minimum absolute atomic E-state index is 0.0328. The van der Waals surface area contributed by atoms with Crippen LogP contribution in [0.15, 0.2) is 18.2 Å². The third-order valence-corrected chi connectivity index (χ3v) is 3.01. The van der Waals surface area contributed by atoms with Crippen molar-refractivity contribution in [2.75, 3.05) is 6.54 Å². The van der Waals surface area contributed by atoms with E-state index >= 15 is 0 Å². The molecule has 1 aliphatic heterocycles. The maximum Gasteiger partial charge on any atom is 0.254 e. The molecule has 2 rings (SSSR count). The van der Waals surface area contributed by atoms with Crippen LogP contribution in [0.25, 0.3) is 0 Å². The lowest BCUT2D eigenvalue weighted by atomic mass is 10.1. The summed E-state index contributed by atoms with van der Waals surface area (Å²) in [5, 5.41) is 0.601. The third kappa shape index (κ3) is 1.73. The Labute approximate surface area is 93.8 Å². The zero-order chi connectivity index (χ0) is 11.0. The molecule has 80 valence electrons. The Morgan fingerprint density at radius 3 is 3.00 bits per heavy atom. The van der Waals surface area contributed by atoms with E-state index in [1.54, 1.807) is 11.0 Å². The van der Waals surface area contributed by atoms with Crippen LogP contribution in [0.4, 0.5) is 0 Å². The second-order valence-electron chi connectivity index (χ2n) is 3.82. The molecule has 1 unspecified atom stereocenters. The highest BCUT2D eigenvalue weighted by Crippen LogP contribution is 2.26. The molecule has 4 heteroatoms. The van der Waals surface area contributed by atoms with Crippen LogP contribution in [-0.4, -0.2) is 23.4 Å². The van der Waals surface area contributed by atoms with Crippen LogP contribution in [-0.2, 0) is 6.54 Å². The number of rotatable bonds is 2. The number of nitrogens with zero attached hydrogens (tertiary/aromatic N) is 1. The summed E-state index contributed by atoms with van der Waals surface area (Å²) in [6.07, 6.45) is 0. The van der Waals surface area contributed by atoms with E-state index in [9.17, 15) is 4.79 Å². The van der Waals surface area contributed by atoms with Gasteiger partial charge in [0.1, 0.15) is 0 Å². The van der Waals surface area contributed by atoms with Gasteiger partial charge < -0.3 is 10.6 Å². The summed E-state index contributed by atoms with van der Waals surface area (Å²) in [6.45, 7) is 3.07. The summed E-state index contributed by atoms with van der Waals surface area (Å²) in [7, 11) is 0. The van der Waals surface area contributed by atoms with Crippen molar-refractivity contribution < 1.29 is 4.79 Å². The first-order valence-electron chi connectivity index (χ1n) is 4.93. The summed E-state index contributed by atoms with van der Waals surface area (Å²) >= 11 is 5.85. The zero-order valence-electron chi connectivity index (χ0n) is 8.53. The number of fused-ring (bicyclic) bond motifs is 1. The Kier molecular flexibility index (Phi) is 2.67. The molecule has 1 heterocycles. The van der Waals surface area contributed by atoms with Crippen molar-refractivity contribution in [3.05, 3.63) is 34.3 Å². The lowest BCUT2D eigenvalue weighted by Gasteiger charge is -2.22. The summed E-state index contributed by atoms with van der Waals surface area (Å²) in [5.74, 6) is 0.0328. The number of carbonyl (C=O) groups excluding carboxylic acids is 1. The second-order valence-corrected chi connectivity index (χ2v) is 4.26. The standard InChI is InChI=1S/C11H13ClN2O/c1-7(5-13)14-6-8-2-3-9(12)4-10(8)11(14)15/h2-4,7H,5-6,13H2,1H3. The predicted octanol–water partition coefficient (Wildman–Crippen LogP) is 1.64. The maximum absolute atomic E-state index is 12.0. The van der Waals surface area contributed by atoms with E-state index in [0.717, 1.165) is 5.56 Å². The first-order chi connectivity index (χ1) is 7.13. The van der Waals surface area contributed by atoms with Crippen LogP contribution in [0, 0.1) is 0 Å². The Balaban J connectivity index is 2.33. The summed E-state index contributed by atoms with van der Waals surface area (Å²) in [6, 6.07) is 5.51. The lowest BCUT2D eigenvalue weighted by Crippen LogP contribution is -2.38. The summed E-state index contributed by atoms with van der Waals surface area (Å²) < 4.78 is 0. The number of amides is 1. The zero-order valence-corrected chi connectivity index (χ0v) is 9.29. The van der Waals surface area contributed by atoms with Crippen LogP contribution in [0.3, 0.4) is 0 Å². The molecule has 0 radical (unpaired) electrons. The molecule has 2 N–H and O–H groups in total. The first-order valence-corrected chi connectivity index (χ1v) is 5.30. The molecule has 1 atom stereocenters. The highest BCUT2D eigenvalue weighted by molar-refractivity contribution is 6.31. The van der Waals surface area contributed by atoms with Crippen LogP contribution in [0.1, 0.15) is 22.8 Å². The molecule has 0 aliphatic carbocycles. The molecule has 1 aromatic carbocycles. The first kappa shape index (κ1) is 10.5. The Morgan fingerprint density at radius 1 is 1.60 bits per heavy atom. The van der Waals surface area contributed by atoms with Gasteiger partial charge in [0.2, 0.25) is 0 Å². The van der Waals surface area contributed by atoms with E-state index in [1.165, 1.54) is 0 Å². The Hall–Kier alpha value is -1.06. The van der Waals surface area contributed by atoms with Gasteiger partial charge >= 0.3 is 0 Å².